The quantitative estimate of drug-likeness (QED) is 0.376. The number of methoxy groups -OCH3 is 2. The number of rotatable bonds is 4. The Hall–Kier alpha value is -2.04. The van der Waals surface area contributed by atoms with Gasteiger partial charge in [-0.2, -0.15) is 0 Å². The molecule has 0 fully saturated rings. The summed E-state index contributed by atoms with van der Waals surface area (Å²) in [6.45, 7) is 3.27. The van der Waals surface area contributed by atoms with E-state index in [-0.39, 0.29) is 5.71 Å². The number of ketones is 1. The highest BCUT2D eigenvalue weighted by Crippen LogP contribution is 2.28. The van der Waals surface area contributed by atoms with Gasteiger partial charge >= 0.3 is 0 Å². The average molecular weight is 237 g/mol. The molecule has 0 amide bonds. The second-order valence-electron chi connectivity index (χ2n) is 3.54. The molecule has 17 heavy (non-hydrogen) atoms. The van der Waals surface area contributed by atoms with Crippen LogP contribution in [0, 0.1) is 6.92 Å². The second-order valence-corrected chi connectivity index (χ2v) is 3.54. The molecule has 1 aromatic carbocycles. The fourth-order valence-corrected chi connectivity index (χ4v) is 1.47. The predicted octanol–water partition coefficient (Wildman–Crippen LogP) is 2.05. The monoisotopic (exact) mass is 237 g/mol. The topological polar surface area (TPSA) is 68.1 Å². The molecule has 1 rings (SSSR count). The number of aryl methyl sites for hydroxylation is 1. The van der Waals surface area contributed by atoms with Crippen molar-refractivity contribution in [1.29, 1.82) is 0 Å². The molecule has 0 saturated heterocycles. The minimum absolute atomic E-state index is 0.00536. The van der Waals surface area contributed by atoms with Gasteiger partial charge in [-0.25, -0.2) is 0 Å². The van der Waals surface area contributed by atoms with E-state index in [1.54, 1.807) is 12.1 Å². The van der Waals surface area contributed by atoms with Gasteiger partial charge in [-0.3, -0.25) is 4.79 Å². The third-order valence-electron chi connectivity index (χ3n) is 2.44. The minimum Gasteiger partial charge on any atom is -0.496 e. The molecule has 1 aromatic rings. The number of carbonyl (C=O) groups excluding carboxylic acids is 1. The Kier molecular flexibility index (Phi) is 4.09. The molecule has 0 spiro atoms. The maximum atomic E-state index is 11.9. The van der Waals surface area contributed by atoms with Gasteiger partial charge < -0.3 is 14.7 Å². The summed E-state index contributed by atoms with van der Waals surface area (Å²) in [6, 6.07) is 3.28. The van der Waals surface area contributed by atoms with Crippen molar-refractivity contribution in [2.75, 3.05) is 14.2 Å². The van der Waals surface area contributed by atoms with Crippen molar-refractivity contribution < 1.29 is 19.5 Å². The fraction of sp³-hybridized carbons (Fsp3) is 0.333. The van der Waals surface area contributed by atoms with E-state index in [1.807, 2.05) is 6.92 Å². The van der Waals surface area contributed by atoms with Crippen LogP contribution in [0.3, 0.4) is 0 Å². The van der Waals surface area contributed by atoms with Crippen LogP contribution in [0.1, 0.15) is 22.8 Å². The van der Waals surface area contributed by atoms with E-state index in [4.69, 9.17) is 14.7 Å². The molecular weight excluding hydrogens is 222 g/mol. The Balaban J connectivity index is 3.35. The van der Waals surface area contributed by atoms with Crippen LogP contribution >= 0.6 is 0 Å². The third-order valence-corrected chi connectivity index (χ3v) is 2.44. The summed E-state index contributed by atoms with van der Waals surface area (Å²) in [5.74, 6) is 0.610. The summed E-state index contributed by atoms with van der Waals surface area (Å²) in [4.78, 5) is 11.9. The number of hydrogen-bond acceptors (Lipinski definition) is 5. The van der Waals surface area contributed by atoms with Gasteiger partial charge in [-0.15, -0.1) is 0 Å². The van der Waals surface area contributed by atoms with Crippen molar-refractivity contribution in [1.82, 2.24) is 0 Å². The predicted molar refractivity (Wildman–Crippen MR) is 63.5 cm³/mol. The van der Waals surface area contributed by atoms with Crippen molar-refractivity contribution in [3.05, 3.63) is 23.3 Å². The lowest BCUT2D eigenvalue weighted by Gasteiger charge is -2.11. The highest BCUT2D eigenvalue weighted by atomic mass is 16.5. The van der Waals surface area contributed by atoms with Gasteiger partial charge in [-0.05, 0) is 31.5 Å². The molecule has 0 aromatic heterocycles. The summed E-state index contributed by atoms with van der Waals surface area (Å²) in [5, 5.41) is 11.5. The summed E-state index contributed by atoms with van der Waals surface area (Å²) < 4.78 is 10.3. The van der Waals surface area contributed by atoms with Gasteiger partial charge in [0.25, 0.3) is 0 Å². The van der Waals surface area contributed by atoms with Crippen LogP contribution < -0.4 is 9.47 Å². The zero-order chi connectivity index (χ0) is 13.0. The van der Waals surface area contributed by atoms with Crippen LogP contribution in [0.2, 0.25) is 0 Å². The molecule has 0 bridgehead atoms. The Labute approximate surface area is 99.7 Å². The molecule has 0 aliphatic heterocycles. The zero-order valence-corrected chi connectivity index (χ0v) is 10.3. The van der Waals surface area contributed by atoms with E-state index in [9.17, 15) is 4.79 Å². The van der Waals surface area contributed by atoms with Crippen molar-refractivity contribution in [2.45, 2.75) is 13.8 Å². The van der Waals surface area contributed by atoms with Gasteiger partial charge in [0.2, 0.25) is 5.78 Å². The molecule has 0 atom stereocenters. The number of benzene rings is 1. The largest absolute Gasteiger partial charge is 0.496 e. The van der Waals surface area contributed by atoms with E-state index < -0.39 is 5.78 Å². The highest BCUT2D eigenvalue weighted by molar-refractivity contribution is 6.45. The summed E-state index contributed by atoms with van der Waals surface area (Å²) in [6.07, 6.45) is 0. The van der Waals surface area contributed by atoms with Crippen LogP contribution in [0.5, 0.6) is 11.5 Å². The van der Waals surface area contributed by atoms with E-state index >= 15 is 0 Å². The number of Topliss-reactive ketones (excluding diaryl/α,β-unsaturated/α-hetero) is 1. The standard InChI is InChI=1S/C12H15NO4/c1-7-5-11(17-4)9(6-10(7)16-3)12(14)8(2)13-15/h5-6,15H,1-4H3/b13-8+. The lowest BCUT2D eigenvalue weighted by atomic mass is 10.0. The summed E-state index contributed by atoms with van der Waals surface area (Å²) >= 11 is 0. The molecule has 5 nitrogen and oxygen atoms in total. The van der Waals surface area contributed by atoms with E-state index in [1.165, 1.54) is 21.1 Å². The first-order valence-corrected chi connectivity index (χ1v) is 5.01. The van der Waals surface area contributed by atoms with Crippen LogP contribution in [-0.4, -0.2) is 30.9 Å². The van der Waals surface area contributed by atoms with Gasteiger partial charge in [0.05, 0.1) is 19.8 Å². The number of oxime groups is 1. The number of nitrogens with zero attached hydrogens (tertiary/aromatic N) is 1. The van der Waals surface area contributed by atoms with Crippen molar-refractivity contribution in [2.24, 2.45) is 5.16 Å². The lowest BCUT2D eigenvalue weighted by molar-refractivity contribution is 0.105. The molecule has 5 heteroatoms. The smallest absolute Gasteiger partial charge is 0.214 e. The Morgan fingerprint density at radius 2 is 1.82 bits per heavy atom. The summed E-state index contributed by atoms with van der Waals surface area (Å²) in [7, 11) is 3.00. The van der Waals surface area contributed by atoms with E-state index in [0.717, 1.165) is 5.56 Å². The van der Waals surface area contributed by atoms with Gasteiger partial charge in [0, 0.05) is 0 Å². The maximum Gasteiger partial charge on any atom is 0.214 e. The first-order chi connectivity index (χ1) is 8.04. The van der Waals surface area contributed by atoms with Crippen molar-refractivity contribution in [3.63, 3.8) is 0 Å². The third kappa shape index (κ3) is 2.55. The first kappa shape index (κ1) is 13.0. The van der Waals surface area contributed by atoms with Crippen LogP contribution in [0.25, 0.3) is 0 Å². The number of carbonyl (C=O) groups is 1. The molecule has 1 N–H and O–H groups in total. The molecule has 0 aliphatic carbocycles. The normalized spacial score (nSPS) is 11.2. The number of ether oxygens (including phenoxy) is 2. The minimum atomic E-state index is -0.400. The van der Waals surface area contributed by atoms with Crippen LogP contribution in [0.4, 0.5) is 0 Å². The van der Waals surface area contributed by atoms with Gasteiger partial charge in [-0.1, -0.05) is 5.16 Å². The first-order valence-electron chi connectivity index (χ1n) is 5.01. The van der Waals surface area contributed by atoms with Crippen molar-refractivity contribution >= 4 is 11.5 Å². The highest BCUT2D eigenvalue weighted by Gasteiger charge is 2.18. The van der Waals surface area contributed by atoms with E-state index in [2.05, 4.69) is 5.16 Å². The van der Waals surface area contributed by atoms with Crippen LogP contribution in [0.15, 0.2) is 17.3 Å². The molecule has 0 aliphatic rings. The van der Waals surface area contributed by atoms with Crippen LogP contribution in [-0.2, 0) is 0 Å². The SMILES string of the molecule is COc1cc(C(=O)/C(C)=N/O)c(OC)cc1C. The molecule has 0 radical (unpaired) electrons. The number of hydrogen-bond donors (Lipinski definition) is 1. The maximum absolute atomic E-state index is 11.9. The average Bonchev–Trinajstić information content (AvgIpc) is 2.36. The Bertz CT molecular complexity index is 466. The Morgan fingerprint density at radius 1 is 1.24 bits per heavy atom. The molecule has 0 heterocycles. The molecule has 92 valence electrons. The second kappa shape index (κ2) is 5.34. The lowest BCUT2D eigenvalue weighted by Crippen LogP contribution is -2.12. The van der Waals surface area contributed by atoms with Crippen molar-refractivity contribution in [3.8, 4) is 11.5 Å². The van der Waals surface area contributed by atoms with Gasteiger partial charge in [0.1, 0.15) is 17.2 Å². The summed E-state index contributed by atoms with van der Waals surface area (Å²) in [5.41, 5.74) is 1.17. The fourth-order valence-electron chi connectivity index (χ4n) is 1.47. The molecular formula is C12H15NO4. The molecule has 0 saturated carbocycles. The zero-order valence-electron chi connectivity index (χ0n) is 10.3. The van der Waals surface area contributed by atoms with Gasteiger partial charge in [0.15, 0.2) is 0 Å². The van der Waals surface area contributed by atoms with E-state index in [0.29, 0.717) is 17.1 Å². The molecule has 0 unspecified atom stereocenters. The Morgan fingerprint density at radius 3 is 2.29 bits per heavy atom.